The predicted molar refractivity (Wildman–Crippen MR) is 116 cm³/mol. The number of benzene rings is 3. The van der Waals surface area contributed by atoms with Crippen LogP contribution in [0.2, 0.25) is 10.0 Å². The average molecular weight is 467 g/mol. The van der Waals surface area contributed by atoms with Gasteiger partial charge in [0.15, 0.2) is 0 Å². The maximum absolute atomic E-state index is 13.2. The van der Waals surface area contributed by atoms with Crippen LogP contribution in [0.5, 0.6) is 0 Å². The number of nitrogens with one attached hydrogen (secondary N) is 1. The molecule has 0 aromatic heterocycles. The Morgan fingerprint density at radius 1 is 0.967 bits per heavy atom. The van der Waals surface area contributed by atoms with Crippen molar-refractivity contribution >= 4 is 44.8 Å². The maximum Gasteiger partial charge on any atom is 0.243 e. The minimum Gasteiger partial charge on any atom is -0.324 e. The average Bonchev–Trinajstić information content (AvgIpc) is 2.72. The van der Waals surface area contributed by atoms with Crippen molar-refractivity contribution in [1.29, 1.82) is 0 Å². The minimum absolute atomic E-state index is 0.0423. The molecule has 0 heterocycles. The SMILES string of the molecule is O=C(CN(Cc1ccc(F)cc1)S(=O)(=O)c1ccccc1)Nc1cc(Cl)ccc1Cl. The van der Waals surface area contributed by atoms with E-state index in [1.807, 2.05) is 0 Å². The van der Waals surface area contributed by atoms with Crippen molar-refractivity contribution in [1.82, 2.24) is 4.31 Å². The molecule has 0 aliphatic heterocycles. The normalized spacial score (nSPS) is 11.5. The zero-order chi connectivity index (χ0) is 21.7. The number of sulfonamides is 1. The van der Waals surface area contributed by atoms with Crippen molar-refractivity contribution in [3.8, 4) is 0 Å². The maximum atomic E-state index is 13.2. The standard InChI is InChI=1S/C21H17Cl2FN2O3S/c22-16-8-11-19(23)20(12-16)25-21(27)14-26(13-15-6-9-17(24)10-7-15)30(28,29)18-4-2-1-3-5-18/h1-12H,13-14H2,(H,25,27). The van der Waals surface area contributed by atoms with E-state index in [2.05, 4.69) is 5.32 Å². The molecular formula is C21H17Cl2FN2O3S. The highest BCUT2D eigenvalue weighted by molar-refractivity contribution is 7.89. The van der Waals surface area contributed by atoms with Gasteiger partial charge in [-0.25, -0.2) is 12.8 Å². The number of halogens is 3. The Hall–Kier alpha value is -2.45. The lowest BCUT2D eigenvalue weighted by atomic mass is 10.2. The van der Waals surface area contributed by atoms with Crippen LogP contribution in [0.1, 0.15) is 5.56 Å². The van der Waals surface area contributed by atoms with Crippen LogP contribution in [-0.4, -0.2) is 25.2 Å². The third-order valence-electron chi connectivity index (χ3n) is 4.18. The molecule has 0 atom stereocenters. The smallest absolute Gasteiger partial charge is 0.243 e. The molecule has 3 aromatic carbocycles. The van der Waals surface area contributed by atoms with E-state index in [1.54, 1.807) is 24.3 Å². The first kappa shape index (κ1) is 22.2. The van der Waals surface area contributed by atoms with Gasteiger partial charge in [0.1, 0.15) is 5.82 Å². The van der Waals surface area contributed by atoms with Gasteiger partial charge >= 0.3 is 0 Å². The van der Waals surface area contributed by atoms with Gasteiger partial charge in [-0.15, -0.1) is 0 Å². The molecule has 5 nitrogen and oxygen atoms in total. The number of rotatable bonds is 7. The summed E-state index contributed by atoms with van der Waals surface area (Å²) in [6.45, 7) is -0.592. The Kier molecular flexibility index (Phi) is 7.10. The first-order chi connectivity index (χ1) is 14.3. The molecule has 0 aliphatic carbocycles. The van der Waals surface area contributed by atoms with Gasteiger partial charge in [-0.2, -0.15) is 4.31 Å². The largest absolute Gasteiger partial charge is 0.324 e. The van der Waals surface area contributed by atoms with E-state index in [-0.39, 0.29) is 22.2 Å². The van der Waals surface area contributed by atoms with Crippen LogP contribution < -0.4 is 5.32 Å². The van der Waals surface area contributed by atoms with Gasteiger partial charge in [0.05, 0.1) is 22.2 Å². The number of amides is 1. The van der Waals surface area contributed by atoms with Crippen LogP contribution in [0.25, 0.3) is 0 Å². The van der Waals surface area contributed by atoms with Gasteiger partial charge in [0, 0.05) is 11.6 Å². The molecule has 0 saturated heterocycles. The number of carbonyl (C=O) groups excluding carboxylic acids is 1. The molecule has 0 saturated carbocycles. The van der Waals surface area contributed by atoms with Crippen LogP contribution >= 0.6 is 23.2 Å². The highest BCUT2D eigenvalue weighted by Gasteiger charge is 2.27. The molecule has 0 radical (unpaired) electrons. The first-order valence-electron chi connectivity index (χ1n) is 8.80. The third-order valence-corrected chi connectivity index (χ3v) is 6.55. The molecule has 0 bridgehead atoms. The molecule has 0 fully saturated rings. The van der Waals surface area contributed by atoms with Crippen molar-refractivity contribution < 1.29 is 17.6 Å². The topological polar surface area (TPSA) is 66.5 Å². The van der Waals surface area contributed by atoms with Crippen molar-refractivity contribution in [3.05, 3.63) is 94.2 Å². The molecule has 30 heavy (non-hydrogen) atoms. The van der Waals surface area contributed by atoms with E-state index in [0.717, 1.165) is 4.31 Å². The second-order valence-electron chi connectivity index (χ2n) is 6.38. The molecule has 9 heteroatoms. The van der Waals surface area contributed by atoms with E-state index in [4.69, 9.17) is 23.2 Å². The fourth-order valence-electron chi connectivity index (χ4n) is 2.70. The Bertz CT molecular complexity index is 1140. The quantitative estimate of drug-likeness (QED) is 0.534. The van der Waals surface area contributed by atoms with Gasteiger partial charge in [-0.1, -0.05) is 53.5 Å². The predicted octanol–water partition coefficient (Wildman–Crippen LogP) is 4.96. The lowest BCUT2D eigenvalue weighted by molar-refractivity contribution is -0.116. The van der Waals surface area contributed by atoms with Crippen LogP contribution in [0.3, 0.4) is 0 Å². The van der Waals surface area contributed by atoms with Crippen molar-refractivity contribution in [2.45, 2.75) is 11.4 Å². The Balaban J connectivity index is 1.87. The van der Waals surface area contributed by atoms with Gasteiger partial charge in [-0.3, -0.25) is 4.79 Å². The number of carbonyl (C=O) groups is 1. The fourth-order valence-corrected chi connectivity index (χ4v) is 4.45. The van der Waals surface area contributed by atoms with E-state index in [9.17, 15) is 17.6 Å². The molecule has 0 unspecified atom stereocenters. The zero-order valence-electron chi connectivity index (χ0n) is 15.6. The fraction of sp³-hybridized carbons (Fsp3) is 0.0952. The van der Waals surface area contributed by atoms with Gasteiger partial charge in [0.2, 0.25) is 15.9 Å². The monoisotopic (exact) mass is 466 g/mol. The third kappa shape index (κ3) is 5.58. The summed E-state index contributed by atoms with van der Waals surface area (Å²) >= 11 is 12.0. The summed E-state index contributed by atoms with van der Waals surface area (Å²) in [5, 5.41) is 3.22. The number of nitrogens with zero attached hydrogens (tertiary/aromatic N) is 1. The Labute approximate surface area is 184 Å². The molecule has 3 rings (SSSR count). The Morgan fingerprint density at radius 2 is 1.63 bits per heavy atom. The van der Waals surface area contributed by atoms with Crippen LogP contribution in [0.4, 0.5) is 10.1 Å². The first-order valence-corrected chi connectivity index (χ1v) is 11.0. The second-order valence-corrected chi connectivity index (χ2v) is 9.17. The van der Waals surface area contributed by atoms with Crippen molar-refractivity contribution in [2.24, 2.45) is 0 Å². The van der Waals surface area contributed by atoms with Crippen LogP contribution in [0, 0.1) is 5.82 Å². The van der Waals surface area contributed by atoms with E-state index >= 15 is 0 Å². The van der Waals surface area contributed by atoms with Crippen molar-refractivity contribution in [2.75, 3.05) is 11.9 Å². The highest BCUT2D eigenvalue weighted by atomic mass is 35.5. The Morgan fingerprint density at radius 3 is 2.30 bits per heavy atom. The molecular weight excluding hydrogens is 450 g/mol. The number of hydrogen-bond acceptors (Lipinski definition) is 3. The van der Waals surface area contributed by atoms with E-state index in [0.29, 0.717) is 10.6 Å². The number of hydrogen-bond donors (Lipinski definition) is 1. The molecule has 1 amide bonds. The van der Waals surface area contributed by atoms with Crippen LogP contribution in [0.15, 0.2) is 77.7 Å². The highest BCUT2D eigenvalue weighted by Crippen LogP contribution is 2.26. The van der Waals surface area contributed by atoms with Gasteiger partial charge in [-0.05, 0) is 48.0 Å². The lowest BCUT2D eigenvalue weighted by Crippen LogP contribution is -2.37. The van der Waals surface area contributed by atoms with E-state index < -0.39 is 28.3 Å². The van der Waals surface area contributed by atoms with Gasteiger partial charge < -0.3 is 5.32 Å². The summed E-state index contributed by atoms with van der Waals surface area (Å²) in [5.74, 6) is -1.04. The molecule has 1 N–H and O–H groups in total. The summed E-state index contributed by atoms with van der Waals surface area (Å²) < 4.78 is 40.5. The molecule has 3 aromatic rings. The lowest BCUT2D eigenvalue weighted by Gasteiger charge is -2.22. The summed E-state index contributed by atoms with van der Waals surface area (Å²) in [5.41, 5.74) is 0.803. The molecule has 0 aliphatic rings. The minimum atomic E-state index is -4.00. The van der Waals surface area contributed by atoms with Gasteiger partial charge in [0.25, 0.3) is 0 Å². The summed E-state index contributed by atoms with van der Waals surface area (Å²) in [7, 11) is -4.00. The number of anilines is 1. The molecule has 156 valence electrons. The zero-order valence-corrected chi connectivity index (χ0v) is 17.9. The second kappa shape index (κ2) is 9.57. The summed E-state index contributed by atoms with van der Waals surface area (Å²) in [6, 6.07) is 17.7. The summed E-state index contributed by atoms with van der Waals surface area (Å²) in [4.78, 5) is 12.7. The summed E-state index contributed by atoms with van der Waals surface area (Å²) in [6.07, 6.45) is 0. The van der Waals surface area contributed by atoms with Crippen LogP contribution in [-0.2, 0) is 21.4 Å². The van der Waals surface area contributed by atoms with E-state index in [1.165, 1.54) is 48.5 Å². The molecule has 0 spiro atoms. The van der Waals surface area contributed by atoms with Crippen molar-refractivity contribution in [3.63, 3.8) is 0 Å².